The third-order valence-corrected chi connectivity index (χ3v) is 4.56. The first-order chi connectivity index (χ1) is 12.1. The van der Waals surface area contributed by atoms with Crippen molar-refractivity contribution in [1.82, 2.24) is 15.8 Å². The molecule has 2 aromatic rings. The highest BCUT2D eigenvalue weighted by molar-refractivity contribution is 5.78. The molecule has 1 unspecified atom stereocenters. The van der Waals surface area contributed by atoms with Crippen LogP contribution < -0.4 is 15.4 Å². The third kappa shape index (κ3) is 4.82. The van der Waals surface area contributed by atoms with E-state index in [1.807, 2.05) is 38.1 Å². The molecule has 0 spiro atoms. The predicted octanol–water partition coefficient (Wildman–Crippen LogP) is 2.28. The van der Waals surface area contributed by atoms with E-state index in [2.05, 4.69) is 15.8 Å². The zero-order chi connectivity index (χ0) is 17.6. The Balaban J connectivity index is 1.45. The van der Waals surface area contributed by atoms with Crippen molar-refractivity contribution in [3.05, 3.63) is 46.8 Å². The number of nitrogens with zero attached hydrogens (tertiary/aromatic N) is 1. The Labute approximate surface area is 147 Å². The molecule has 2 N–H and O–H groups in total. The average Bonchev–Trinajstić information content (AvgIpc) is 3.23. The third-order valence-electron chi connectivity index (χ3n) is 4.56. The number of amides is 1. The number of carbonyl (C=O) groups is 1. The summed E-state index contributed by atoms with van der Waals surface area (Å²) >= 11 is 0. The first kappa shape index (κ1) is 17.5. The SMILES string of the molecule is Cc1noc(C)c1COc1ccc(CC(=O)NCC2CCCN2)cc1. The van der Waals surface area contributed by atoms with Crippen molar-refractivity contribution in [3.8, 4) is 5.75 Å². The van der Waals surface area contributed by atoms with Crippen molar-refractivity contribution in [2.45, 2.75) is 45.8 Å². The number of aromatic nitrogens is 1. The largest absolute Gasteiger partial charge is 0.489 e. The maximum atomic E-state index is 12.0. The second-order valence-electron chi connectivity index (χ2n) is 6.51. The minimum absolute atomic E-state index is 0.0538. The van der Waals surface area contributed by atoms with Gasteiger partial charge in [0.15, 0.2) is 0 Å². The Morgan fingerprint density at radius 3 is 2.80 bits per heavy atom. The molecular weight excluding hydrogens is 318 g/mol. The molecule has 1 aromatic heterocycles. The maximum absolute atomic E-state index is 12.0. The Bertz CT molecular complexity index is 684. The van der Waals surface area contributed by atoms with E-state index in [1.165, 1.54) is 6.42 Å². The van der Waals surface area contributed by atoms with Crippen molar-refractivity contribution < 1.29 is 14.1 Å². The van der Waals surface area contributed by atoms with Gasteiger partial charge in [0, 0.05) is 12.6 Å². The fraction of sp³-hybridized carbons (Fsp3) is 0.474. The second-order valence-corrected chi connectivity index (χ2v) is 6.51. The molecule has 1 saturated heterocycles. The average molecular weight is 343 g/mol. The summed E-state index contributed by atoms with van der Waals surface area (Å²) in [6, 6.07) is 8.05. The van der Waals surface area contributed by atoms with E-state index in [1.54, 1.807) is 0 Å². The van der Waals surface area contributed by atoms with Crippen molar-refractivity contribution in [1.29, 1.82) is 0 Å². The van der Waals surface area contributed by atoms with Gasteiger partial charge >= 0.3 is 0 Å². The van der Waals surface area contributed by atoms with E-state index in [-0.39, 0.29) is 5.91 Å². The lowest BCUT2D eigenvalue weighted by atomic mass is 10.1. The van der Waals surface area contributed by atoms with Gasteiger partial charge in [0.1, 0.15) is 18.1 Å². The molecule has 1 aromatic carbocycles. The Kier molecular flexibility index (Phi) is 5.71. The summed E-state index contributed by atoms with van der Waals surface area (Å²) in [6.45, 7) is 5.96. The zero-order valence-corrected chi connectivity index (χ0v) is 14.8. The van der Waals surface area contributed by atoms with Gasteiger partial charge in [0.25, 0.3) is 0 Å². The Hall–Kier alpha value is -2.34. The monoisotopic (exact) mass is 343 g/mol. The van der Waals surface area contributed by atoms with Crippen LogP contribution in [-0.4, -0.2) is 30.2 Å². The van der Waals surface area contributed by atoms with Gasteiger partial charge in [-0.2, -0.15) is 0 Å². The number of benzene rings is 1. The van der Waals surface area contributed by atoms with E-state index in [4.69, 9.17) is 9.26 Å². The fourth-order valence-corrected chi connectivity index (χ4v) is 2.98. The molecule has 25 heavy (non-hydrogen) atoms. The topological polar surface area (TPSA) is 76.4 Å². The summed E-state index contributed by atoms with van der Waals surface area (Å²) in [6.07, 6.45) is 2.71. The van der Waals surface area contributed by atoms with Gasteiger partial charge < -0.3 is 19.9 Å². The first-order valence-electron chi connectivity index (χ1n) is 8.75. The molecule has 134 valence electrons. The second kappa shape index (κ2) is 8.16. The van der Waals surface area contributed by atoms with Gasteiger partial charge in [0.05, 0.1) is 17.7 Å². The Morgan fingerprint density at radius 2 is 2.16 bits per heavy atom. The number of hydrogen-bond donors (Lipinski definition) is 2. The molecule has 1 atom stereocenters. The number of ether oxygens (including phenoxy) is 1. The molecule has 0 saturated carbocycles. The van der Waals surface area contributed by atoms with Crippen LogP contribution in [0.2, 0.25) is 0 Å². The molecular formula is C19H25N3O3. The quantitative estimate of drug-likeness (QED) is 0.807. The lowest BCUT2D eigenvalue weighted by Crippen LogP contribution is -2.37. The predicted molar refractivity (Wildman–Crippen MR) is 94.5 cm³/mol. The van der Waals surface area contributed by atoms with Crippen molar-refractivity contribution in [3.63, 3.8) is 0 Å². The molecule has 0 bridgehead atoms. The number of hydrogen-bond acceptors (Lipinski definition) is 5. The molecule has 1 fully saturated rings. The number of nitrogens with one attached hydrogen (secondary N) is 2. The van der Waals surface area contributed by atoms with Crippen LogP contribution in [0.4, 0.5) is 0 Å². The summed E-state index contributed by atoms with van der Waals surface area (Å²) in [5.41, 5.74) is 2.80. The molecule has 2 heterocycles. The van der Waals surface area contributed by atoms with Crippen molar-refractivity contribution in [2.75, 3.05) is 13.1 Å². The van der Waals surface area contributed by atoms with Gasteiger partial charge in [-0.1, -0.05) is 17.3 Å². The van der Waals surface area contributed by atoms with E-state index < -0.39 is 0 Å². The minimum atomic E-state index is 0.0538. The van der Waals surface area contributed by atoms with Crippen LogP contribution in [-0.2, 0) is 17.8 Å². The summed E-state index contributed by atoms with van der Waals surface area (Å²) in [5, 5.41) is 10.3. The van der Waals surface area contributed by atoms with E-state index in [0.717, 1.165) is 41.3 Å². The summed E-state index contributed by atoms with van der Waals surface area (Å²) < 4.78 is 10.9. The molecule has 6 heteroatoms. The summed E-state index contributed by atoms with van der Waals surface area (Å²) in [4.78, 5) is 12.0. The van der Waals surface area contributed by atoms with Crippen LogP contribution in [0.15, 0.2) is 28.8 Å². The normalized spacial score (nSPS) is 16.8. The molecule has 0 radical (unpaired) electrons. The van der Waals surface area contributed by atoms with Crippen LogP contribution in [0.1, 0.15) is 35.4 Å². The van der Waals surface area contributed by atoms with Crippen LogP contribution in [0.5, 0.6) is 5.75 Å². The first-order valence-corrected chi connectivity index (χ1v) is 8.75. The molecule has 1 aliphatic heterocycles. The lowest BCUT2D eigenvalue weighted by molar-refractivity contribution is -0.120. The van der Waals surface area contributed by atoms with Gasteiger partial charge in [0.2, 0.25) is 5.91 Å². The zero-order valence-electron chi connectivity index (χ0n) is 14.8. The highest BCUT2D eigenvalue weighted by Crippen LogP contribution is 2.18. The van der Waals surface area contributed by atoms with Crippen LogP contribution in [0.25, 0.3) is 0 Å². The van der Waals surface area contributed by atoms with Crippen LogP contribution >= 0.6 is 0 Å². The highest BCUT2D eigenvalue weighted by atomic mass is 16.5. The van der Waals surface area contributed by atoms with Gasteiger partial charge in [-0.25, -0.2) is 0 Å². The molecule has 0 aliphatic carbocycles. The van der Waals surface area contributed by atoms with Crippen LogP contribution in [0, 0.1) is 13.8 Å². The number of rotatable bonds is 7. The van der Waals surface area contributed by atoms with Gasteiger partial charge in [-0.15, -0.1) is 0 Å². The summed E-state index contributed by atoms with van der Waals surface area (Å²) in [7, 11) is 0. The van der Waals surface area contributed by atoms with Gasteiger partial charge in [-0.3, -0.25) is 4.79 Å². The van der Waals surface area contributed by atoms with Gasteiger partial charge in [-0.05, 0) is 50.9 Å². The van der Waals surface area contributed by atoms with E-state index in [0.29, 0.717) is 25.6 Å². The number of carbonyl (C=O) groups excluding carboxylic acids is 1. The standard InChI is InChI=1S/C19H25N3O3/c1-13-18(14(2)25-22-13)12-24-17-7-5-15(6-8-17)10-19(23)21-11-16-4-3-9-20-16/h5-8,16,20H,3-4,9-12H2,1-2H3,(H,21,23). The highest BCUT2D eigenvalue weighted by Gasteiger charge is 2.14. The number of aryl methyl sites for hydroxylation is 2. The fourth-order valence-electron chi connectivity index (χ4n) is 2.98. The van der Waals surface area contributed by atoms with Crippen molar-refractivity contribution in [2.24, 2.45) is 0 Å². The molecule has 6 nitrogen and oxygen atoms in total. The molecule has 1 aliphatic rings. The smallest absolute Gasteiger partial charge is 0.224 e. The minimum Gasteiger partial charge on any atom is -0.489 e. The molecule has 3 rings (SSSR count). The van der Waals surface area contributed by atoms with E-state index in [9.17, 15) is 4.79 Å². The van der Waals surface area contributed by atoms with E-state index >= 15 is 0 Å². The van der Waals surface area contributed by atoms with Crippen LogP contribution in [0.3, 0.4) is 0 Å². The lowest BCUT2D eigenvalue weighted by Gasteiger charge is -2.11. The van der Waals surface area contributed by atoms with Crippen molar-refractivity contribution >= 4 is 5.91 Å². The Morgan fingerprint density at radius 1 is 1.36 bits per heavy atom. The summed E-state index contributed by atoms with van der Waals surface area (Å²) in [5.74, 6) is 1.60. The molecule has 1 amide bonds. The maximum Gasteiger partial charge on any atom is 0.224 e.